The van der Waals surface area contributed by atoms with E-state index in [0.29, 0.717) is 16.4 Å². The molecule has 0 fully saturated rings. The molecule has 0 spiro atoms. The number of halogens is 1. The maximum Gasteiger partial charge on any atom is 0.246 e. The lowest BCUT2D eigenvalue weighted by molar-refractivity contribution is -0.121. The Labute approximate surface area is 132 Å². The Morgan fingerprint density at radius 2 is 2.00 bits per heavy atom. The summed E-state index contributed by atoms with van der Waals surface area (Å²) in [6.45, 7) is 3.74. The molecule has 2 N–H and O–H groups in total. The normalized spacial score (nSPS) is 10.5. The Balaban J connectivity index is 1.97. The van der Waals surface area contributed by atoms with E-state index in [1.54, 1.807) is 31.8 Å². The monoisotopic (exact) mass is 324 g/mol. The smallest absolute Gasteiger partial charge is 0.246 e. The van der Waals surface area contributed by atoms with Gasteiger partial charge in [-0.1, -0.05) is 11.6 Å². The van der Waals surface area contributed by atoms with Crippen molar-refractivity contribution in [3.05, 3.63) is 28.8 Å². The van der Waals surface area contributed by atoms with E-state index in [-0.39, 0.29) is 24.9 Å². The zero-order valence-corrected chi connectivity index (χ0v) is 13.3. The van der Waals surface area contributed by atoms with Crippen molar-refractivity contribution in [3.8, 4) is 0 Å². The highest BCUT2D eigenvalue weighted by Crippen LogP contribution is 2.18. The molecule has 0 bridgehead atoms. The first-order valence-electron chi connectivity index (χ1n) is 6.63. The molecule has 2 aromatic rings. The highest BCUT2D eigenvalue weighted by Gasteiger charge is 2.13. The third-order valence-electron chi connectivity index (χ3n) is 3.09. The van der Waals surface area contributed by atoms with Crippen LogP contribution in [-0.4, -0.2) is 38.4 Å². The van der Waals surface area contributed by atoms with E-state index in [1.165, 1.54) is 10.9 Å². The number of likely N-dealkylation sites (N-methyl/N-ethyl adjacent to an activating group) is 1. The average molecular weight is 325 g/mol. The van der Waals surface area contributed by atoms with Crippen LogP contribution in [0.4, 0.5) is 5.69 Å². The van der Waals surface area contributed by atoms with Gasteiger partial charge in [0.15, 0.2) is 0 Å². The summed E-state index contributed by atoms with van der Waals surface area (Å²) in [5.41, 5.74) is 1.94. The molecule has 0 aliphatic carbocycles. The van der Waals surface area contributed by atoms with Crippen molar-refractivity contribution in [1.82, 2.24) is 24.9 Å². The first-order chi connectivity index (χ1) is 10.4. The van der Waals surface area contributed by atoms with E-state index in [4.69, 9.17) is 11.6 Å². The van der Waals surface area contributed by atoms with Crippen LogP contribution in [0.1, 0.15) is 11.4 Å². The van der Waals surface area contributed by atoms with E-state index >= 15 is 0 Å². The molecule has 2 rings (SSSR count). The van der Waals surface area contributed by atoms with Gasteiger partial charge in [0.2, 0.25) is 11.8 Å². The second-order valence-corrected chi connectivity index (χ2v) is 5.17. The molecule has 2 heterocycles. The van der Waals surface area contributed by atoms with Crippen LogP contribution in [0.25, 0.3) is 0 Å². The molecule has 8 nitrogen and oxygen atoms in total. The molecular formula is C13H17ClN6O2. The second kappa shape index (κ2) is 6.61. The molecular weight excluding hydrogens is 308 g/mol. The summed E-state index contributed by atoms with van der Waals surface area (Å²) in [6, 6.07) is 0. The number of carbonyl (C=O) groups excluding carboxylic acids is 2. The van der Waals surface area contributed by atoms with Gasteiger partial charge >= 0.3 is 0 Å². The lowest BCUT2D eigenvalue weighted by Gasteiger charge is -2.04. The van der Waals surface area contributed by atoms with Crippen LogP contribution < -0.4 is 10.6 Å². The van der Waals surface area contributed by atoms with Gasteiger partial charge in [-0.3, -0.25) is 19.0 Å². The molecule has 118 valence electrons. The van der Waals surface area contributed by atoms with Gasteiger partial charge in [-0.25, -0.2) is 0 Å². The first kappa shape index (κ1) is 16.0. The summed E-state index contributed by atoms with van der Waals surface area (Å²) in [5.74, 6) is -0.417. The number of hydrogen-bond donors (Lipinski definition) is 2. The predicted octanol–water partition coefficient (Wildman–Crippen LogP) is 0.735. The molecule has 0 aliphatic rings. The van der Waals surface area contributed by atoms with Gasteiger partial charge in [-0.2, -0.15) is 10.2 Å². The van der Waals surface area contributed by atoms with Crippen LogP contribution in [0.15, 0.2) is 12.4 Å². The third-order valence-corrected chi connectivity index (χ3v) is 3.63. The zero-order chi connectivity index (χ0) is 16.3. The van der Waals surface area contributed by atoms with Crippen LogP contribution in [0.5, 0.6) is 0 Å². The summed E-state index contributed by atoms with van der Waals surface area (Å²) in [5, 5.41) is 14.0. The predicted molar refractivity (Wildman–Crippen MR) is 81.6 cm³/mol. The highest BCUT2D eigenvalue weighted by molar-refractivity contribution is 6.31. The molecule has 0 aliphatic heterocycles. The standard InChI is InChI=1S/C13H17ClN6O2/c1-8-13(14)9(2)20(18-8)7-12(22)17-10-4-16-19(5-10)6-11(21)15-3/h4-5H,6-7H2,1-3H3,(H,15,21)(H,17,22). The number of nitrogens with one attached hydrogen (secondary N) is 2. The minimum absolute atomic E-state index is 0.0556. The van der Waals surface area contributed by atoms with Crippen LogP contribution in [0, 0.1) is 13.8 Å². The van der Waals surface area contributed by atoms with Crippen molar-refractivity contribution in [2.45, 2.75) is 26.9 Å². The second-order valence-electron chi connectivity index (χ2n) is 4.79. The first-order valence-corrected chi connectivity index (χ1v) is 7.01. The largest absolute Gasteiger partial charge is 0.358 e. The fourth-order valence-electron chi connectivity index (χ4n) is 1.91. The molecule has 9 heteroatoms. The van der Waals surface area contributed by atoms with Gasteiger partial charge in [-0.05, 0) is 13.8 Å². The van der Waals surface area contributed by atoms with Crippen LogP contribution >= 0.6 is 11.6 Å². The minimum Gasteiger partial charge on any atom is -0.358 e. The number of nitrogens with zero attached hydrogens (tertiary/aromatic N) is 4. The highest BCUT2D eigenvalue weighted by atomic mass is 35.5. The van der Waals surface area contributed by atoms with E-state index in [0.717, 1.165) is 5.69 Å². The summed E-state index contributed by atoms with van der Waals surface area (Å²) in [7, 11) is 1.55. The van der Waals surface area contributed by atoms with E-state index in [9.17, 15) is 9.59 Å². The van der Waals surface area contributed by atoms with Gasteiger partial charge in [0.1, 0.15) is 13.1 Å². The molecule has 0 atom stereocenters. The van der Waals surface area contributed by atoms with Crippen LogP contribution in [0.3, 0.4) is 0 Å². The number of aromatic nitrogens is 4. The fraction of sp³-hybridized carbons (Fsp3) is 0.385. The maximum absolute atomic E-state index is 12.0. The molecule has 2 aromatic heterocycles. The van der Waals surface area contributed by atoms with E-state index in [2.05, 4.69) is 20.8 Å². The summed E-state index contributed by atoms with van der Waals surface area (Å²) in [6.07, 6.45) is 3.07. The lowest BCUT2D eigenvalue weighted by Crippen LogP contribution is -2.23. The van der Waals surface area contributed by atoms with E-state index < -0.39 is 0 Å². The van der Waals surface area contributed by atoms with Gasteiger partial charge in [0.05, 0.1) is 28.3 Å². The number of hydrogen-bond acceptors (Lipinski definition) is 4. The van der Waals surface area contributed by atoms with E-state index in [1.807, 2.05) is 0 Å². The Hall–Kier alpha value is -2.35. The number of amides is 2. The lowest BCUT2D eigenvalue weighted by atomic mass is 10.4. The topological polar surface area (TPSA) is 93.8 Å². The quantitative estimate of drug-likeness (QED) is 0.848. The van der Waals surface area contributed by atoms with Crippen molar-refractivity contribution in [2.24, 2.45) is 0 Å². The molecule has 0 unspecified atom stereocenters. The molecule has 0 aromatic carbocycles. The van der Waals surface area contributed by atoms with Gasteiger partial charge in [-0.15, -0.1) is 0 Å². The SMILES string of the molecule is CNC(=O)Cn1cc(NC(=O)Cn2nc(C)c(Cl)c2C)cn1. The Bertz CT molecular complexity index is 705. The summed E-state index contributed by atoms with van der Waals surface area (Å²) >= 11 is 6.04. The number of anilines is 1. The average Bonchev–Trinajstić information content (AvgIpc) is 2.99. The summed E-state index contributed by atoms with van der Waals surface area (Å²) in [4.78, 5) is 23.3. The minimum atomic E-state index is -0.248. The maximum atomic E-state index is 12.0. The Kier molecular flexibility index (Phi) is 4.81. The zero-order valence-electron chi connectivity index (χ0n) is 12.6. The molecule has 22 heavy (non-hydrogen) atoms. The van der Waals surface area contributed by atoms with Crippen LogP contribution in [-0.2, 0) is 22.7 Å². The van der Waals surface area contributed by atoms with Crippen LogP contribution in [0.2, 0.25) is 5.02 Å². The van der Waals surface area contributed by atoms with Crippen molar-refractivity contribution < 1.29 is 9.59 Å². The number of aryl methyl sites for hydroxylation is 1. The van der Waals surface area contributed by atoms with Crippen molar-refractivity contribution in [2.75, 3.05) is 12.4 Å². The van der Waals surface area contributed by atoms with Crippen molar-refractivity contribution in [1.29, 1.82) is 0 Å². The fourth-order valence-corrected chi connectivity index (χ4v) is 2.04. The van der Waals surface area contributed by atoms with Crippen molar-refractivity contribution >= 4 is 29.1 Å². The van der Waals surface area contributed by atoms with Gasteiger partial charge < -0.3 is 10.6 Å². The molecule has 2 amide bonds. The number of carbonyl (C=O) groups is 2. The molecule has 0 saturated heterocycles. The summed E-state index contributed by atoms with van der Waals surface area (Å²) < 4.78 is 2.98. The van der Waals surface area contributed by atoms with Crippen molar-refractivity contribution in [3.63, 3.8) is 0 Å². The Morgan fingerprint density at radius 3 is 2.59 bits per heavy atom. The number of rotatable bonds is 5. The molecule has 0 saturated carbocycles. The Morgan fingerprint density at radius 1 is 1.27 bits per heavy atom. The molecule has 0 radical (unpaired) electrons. The van der Waals surface area contributed by atoms with Gasteiger partial charge in [0.25, 0.3) is 0 Å². The third kappa shape index (κ3) is 3.64. The van der Waals surface area contributed by atoms with Gasteiger partial charge in [0, 0.05) is 13.2 Å².